The maximum absolute atomic E-state index is 12.2. The van der Waals surface area contributed by atoms with Gasteiger partial charge in [0, 0.05) is 19.0 Å². The Labute approximate surface area is 145 Å². The number of aromatic nitrogens is 6. The summed E-state index contributed by atoms with van der Waals surface area (Å²) in [6.07, 6.45) is 1.73. The van der Waals surface area contributed by atoms with Gasteiger partial charge in [0.15, 0.2) is 16.6 Å². The van der Waals surface area contributed by atoms with E-state index in [4.69, 9.17) is 0 Å². The van der Waals surface area contributed by atoms with Crippen LogP contribution in [0.5, 0.6) is 0 Å². The van der Waals surface area contributed by atoms with Crippen molar-refractivity contribution < 1.29 is 0 Å². The highest BCUT2D eigenvalue weighted by molar-refractivity contribution is 7.99. The molecule has 0 saturated heterocycles. The number of hydrogen-bond donors (Lipinski definition) is 0. The van der Waals surface area contributed by atoms with Crippen LogP contribution in [0.1, 0.15) is 0 Å². The van der Waals surface area contributed by atoms with Gasteiger partial charge in [-0.1, -0.05) is 23.9 Å². The molecule has 0 aromatic carbocycles. The third kappa shape index (κ3) is 2.65. The van der Waals surface area contributed by atoms with Crippen LogP contribution in [0, 0.1) is 0 Å². The second kappa shape index (κ2) is 6.25. The maximum atomic E-state index is 12.2. The van der Waals surface area contributed by atoms with Gasteiger partial charge in [0.25, 0.3) is 0 Å². The molecule has 0 saturated carbocycles. The van der Waals surface area contributed by atoms with Crippen LogP contribution >= 0.6 is 23.1 Å². The predicted molar refractivity (Wildman–Crippen MR) is 94.5 cm³/mol. The highest BCUT2D eigenvalue weighted by Gasteiger charge is 2.12. The minimum absolute atomic E-state index is 0.122. The first-order valence-corrected chi connectivity index (χ1v) is 9.21. The second-order valence-electron chi connectivity index (χ2n) is 5.13. The van der Waals surface area contributed by atoms with Crippen molar-refractivity contribution >= 4 is 28.7 Å². The second-order valence-corrected chi connectivity index (χ2v) is 7.14. The lowest BCUT2D eigenvalue weighted by atomic mass is 10.4. The summed E-state index contributed by atoms with van der Waals surface area (Å²) >= 11 is 3.20. The topological polar surface area (TPSA) is 70.0 Å². The normalized spacial score (nSPS) is 11.4. The first-order valence-electron chi connectivity index (χ1n) is 7.34. The Hall–Kier alpha value is -2.39. The largest absolute Gasteiger partial charge is 0.350 e. The van der Waals surface area contributed by atoms with Gasteiger partial charge in [-0.15, -0.1) is 26.6 Å². The van der Waals surface area contributed by atoms with E-state index in [1.807, 2.05) is 47.3 Å². The van der Waals surface area contributed by atoms with E-state index >= 15 is 0 Å². The molecule has 7 nitrogen and oxygen atoms in total. The summed E-state index contributed by atoms with van der Waals surface area (Å²) in [5, 5.41) is 15.7. The number of aryl methyl sites for hydroxylation is 1. The summed E-state index contributed by atoms with van der Waals surface area (Å²) in [4.78, 5) is 13.3. The quantitative estimate of drug-likeness (QED) is 0.511. The Morgan fingerprint density at radius 2 is 2.12 bits per heavy atom. The molecule has 0 amide bonds. The third-order valence-corrected chi connectivity index (χ3v) is 5.47. The van der Waals surface area contributed by atoms with E-state index in [0.29, 0.717) is 17.9 Å². The smallest absolute Gasteiger partial charge is 0.304 e. The Kier molecular flexibility index (Phi) is 3.95. The van der Waals surface area contributed by atoms with Crippen LogP contribution in [-0.2, 0) is 13.6 Å². The van der Waals surface area contributed by atoms with Crippen molar-refractivity contribution in [1.29, 1.82) is 0 Å². The summed E-state index contributed by atoms with van der Waals surface area (Å²) in [6.45, 7) is 0.520. The zero-order valence-electron chi connectivity index (χ0n) is 12.9. The lowest BCUT2D eigenvalue weighted by Gasteiger charge is -2.02. The standard InChI is InChI=1S/C15H14N6OS2/c1-19-13(11-5-4-9-23-11)16-17-14(19)24-10-8-21-15(22)20-7-3-2-6-12(20)18-21/h2-7,9H,8,10H2,1H3. The van der Waals surface area contributed by atoms with Crippen LogP contribution in [0.25, 0.3) is 16.3 Å². The van der Waals surface area contributed by atoms with Crippen molar-refractivity contribution in [2.45, 2.75) is 11.7 Å². The summed E-state index contributed by atoms with van der Waals surface area (Å²) in [5.41, 5.74) is 0.537. The SMILES string of the molecule is Cn1c(SCCn2nc3ccccn3c2=O)nnc1-c1cccs1. The average molecular weight is 358 g/mol. The zero-order valence-corrected chi connectivity index (χ0v) is 14.5. The molecule has 0 radical (unpaired) electrons. The van der Waals surface area contributed by atoms with Gasteiger partial charge < -0.3 is 4.57 Å². The molecule has 24 heavy (non-hydrogen) atoms. The van der Waals surface area contributed by atoms with Gasteiger partial charge >= 0.3 is 5.69 Å². The molecule has 122 valence electrons. The first kappa shape index (κ1) is 15.2. The summed E-state index contributed by atoms with van der Waals surface area (Å²) in [5.74, 6) is 1.55. The van der Waals surface area contributed by atoms with Crippen LogP contribution in [-0.4, -0.2) is 34.7 Å². The Morgan fingerprint density at radius 3 is 2.92 bits per heavy atom. The van der Waals surface area contributed by atoms with E-state index in [1.54, 1.807) is 33.7 Å². The van der Waals surface area contributed by atoms with E-state index in [0.717, 1.165) is 15.9 Å². The van der Waals surface area contributed by atoms with Crippen LogP contribution in [0.15, 0.2) is 51.9 Å². The molecule has 9 heteroatoms. The minimum atomic E-state index is -0.122. The van der Waals surface area contributed by atoms with Crippen molar-refractivity contribution in [3.8, 4) is 10.7 Å². The molecule has 4 heterocycles. The van der Waals surface area contributed by atoms with Gasteiger partial charge in [-0.3, -0.25) is 4.40 Å². The molecule has 0 aliphatic carbocycles. The van der Waals surface area contributed by atoms with Gasteiger partial charge in [0.2, 0.25) is 0 Å². The van der Waals surface area contributed by atoms with E-state index in [1.165, 1.54) is 4.68 Å². The fraction of sp³-hybridized carbons (Fsp3) is 0.200. The number of hydrogen-bond acceptors (Lipinski definition) is 6. The summed E-state index contributed by atoms with van der Waals surface area (Å²) in [7, 11) is 1.95. The van der Waals surface area contributed by atoms with Crippen LogP contribution in [0.4, 0.5) is 0 Å². The molecule has 0 fully saturated rings. The molecule has 4 aromatic rings. The fourth-order valence-corrected chi connectivity index (χ4v) is 3.97. The Bertz CT molecular complexity index is 1030. The lowest BCUT2D eigenvalue weighted by Crippen LogP contribution is -2.22. The number of thiophene rings is 1. The van der Waals surface area contributed by atoms with Gasteiger partial charge in [-0.2, -0.15) is 0 Å². The first-order chi connectivity index (χ1) is 11.7. The molecule has 0 spiro atoms. The molecular formula is C15H14N6OS2. The molecule has 4 rings (SSSR count). The molecule has 0 aliphatic heterocycles. The number of thioether (sulfide) groups is 1. The highest BCUT2D eigenvalue weighted by Crippen LogP contribution is 2.25. The fourth-order valence-electron chi connectivity index (χ4n) is 2.40. The number of pyridine rings is 1. The minimum Gasteiger partial charge on any atom is -0.304 e. The van der Waals surface area contributed by atoms with Crippen LogP contribution in [0.3, 0.4) is 0 Å². The molecule has 4 aromatic heterocycles. The molecule has 0 unspecified atom stereocenters. The van der Waals surface area contributed by atoms with Crippen molar-refractivity contribution in [3.05, 3.63) is 52.4 Å². The van der Waals surface area contributed by atoms with Crippen molar-refractivity contribution in [3.63, 3.8) is 0 Å². The Morgan fingerprint density at radius 1 is 1.21 bits per heavy atom. The van der Waals surface area contributed by atoms with Crippen LogP contribution in [0.2, 0.25) is 0 Å². The van der Waals surface area contributed by atoms with E-state index in [2.05, 4.69) is 15.3 Å². The van der Waals surface area contributed by atoms with E-state index < -0.39 is 0 Å². The molecule has 0 atom stereocenters. The molecule has 0 aliphatic rings. The number of rotatable bonds is 5. The average Bonchev–Trinajstić information content (AvgIpc) is 3.30. The zero-order chi connectivity index (χ0) is 16.5. The lowest BCUT2D eigenvalue weighted by molar-refractivity contribution is 0.638. The van der Waals surface area contributed by atoms with Crippen LogP contribution < -0.4 is 5.69 Å². The molecule has 0 bridgehead atoms. The van der Waals surface area contributed by atoms with Crippen molar-refractivity contribution in [1.82, 2.24) is 28.9 Å². The van der Waals surface area contributed by atoms with E-state index in [-0.39, 0.29) is 5.69 Å². The maximum Gasteiger partial charge on any atom is 0.350 e. The van der Waals surface area contributed by atoms with Crippen molar-refractivity contribution in [2.75, 3.05) is 5.75 Å². The predicted octanol–water partition coefficient (Wildman–Crippen LogP) is 2.15. The summed E-state index contributed by atoms with van der Waals surface area (Å²) in [6, 6.07) is 9.53. The monoisotopic (exact) mass is 358 g/mol. The van der Waals surface area contributed by atoms with Gasteiger partial charge in [0.1, 0.15) is 0 Å². The summed E-state index contributed by atoms with van der Waals surface area (Å²) < 4.78 is 5.00. The van der Waals surface area contributed by atoms with Crippen molar-refractivity contribution in [2.24, 2.45) is 7.05 Å². The van der Waals surface area contributed by atoms with Gasteiger partial charge in [-0.25, -0.2) is 9.48 Å². The molecular weight excluding hydrogens is 344 g/mol. The van der Waals surface area contributed by atoms with Gasteiger partial charge in [0.05, 0.1) is 11.4 Å². The third-order valence-electron chi connectivity index (χ3n) is 3.60. The van der Waals surface area contributed by atoms with E-state index in [9.17, 15) is 4.79 Å². The Balaban J connectivity index is 1.48. The number of nitrogens with zero attached hydrogens (tertiary/aromatic N) is 6. The molecule has 0 N–H and O–H groups in total. The van der Waals surface area contributed by atoms with Gasteiger partial charge in [-0.05, 0) is 23.6 Å². The highest BCUT2D eigenvalue weighted by atomic mass is 32.2. The number of fused-ring (bicyclic) bond motifs is 1.